The zero-order valence-corrected chi connectivity index (χ0v) is 19.2. The van der Waals surface area contributed by atoms with Gasteiger partial charge in [-0.1, -0.05) is 66.7 Å². The van der Waals surface area contributed by atoms with Crippen LogP contribution in [0.4, 0.5) is 5.69 Å². The van der Waals surface area contributed by atoms with Crippen LogP contribution >= 0.6 is 0 Å². The van der Waals surface area contributed by atoms with Crippen molar-refractivity contribution < 1.29 is 17.9 Å². The van der Waals surface area contributed by atoms with Crippen molar-refractivity contribution in [1.29, 1.82) is 0 Å². The molecule has 172 valence electrons. The predicted molar refractivity (Wildman–Crippen MR) is 132 cm³/mol. The second kappa shape index (κ2) is 10.8. The van der Waals surface area contributed by atoms with E-state index in [1.54, 1.807) is 42.5 Å². The van der Waals surface area contributed by atoms with Crippen molar-refractivity contribution in [3.05, 3.63) is 121 Å². The molecule has 0 aromatic heterocycles. The summed E-state index contributed by atoms with van der Waals surface area (Å²) in [4.78, 5) is 13.0. The Hall–Kier alpha value is -3.94. The molecular weight excluding hydrogens is 448 g/mol. The number of hydrogen-bond donors (Lipinski definition) is 1. The van der Waals surface area contributed by atoms with Crippen LogP contribution in [0.3, 0.4) is 0 Å². The van der Waals surface area contributed by atoms with E-state index in [2.05, 4.69) is 5.32 Å². The molecule has 7 heteroatoms. The van der Waals surface area contributed by atoms with Gasteiger partial charge in [0.2, 0.25) is 15.9 Å². The molecule has 4 rings (SSSR count). The van der Waals surface area contributed by atoms with Crippen LogP contribution in [-0.4, -0.2) is 25.2 Å². The topological polar surface area (TPSA) is 75.7 Å². The fraction of sp³-hybridized carbons (Fsp3) is 0.0741. The lowest BCUT2D eigenvalue weighted by Gasteiger charge is -2.22. The van der Waals surface area contributed by atoms with E-state index in [0.29, 0.717) is 17.2 Å². The van der Waals surface area contributed by atoms with Gasteiger partial charge in [-0.2, -0.15) is 4.31 Å². The van der Waals surface area contributed by atoms with Crippen LogP contribution in [0.15, 0.2) is 120 Å². The maximum atomic E-state index is 13.3. The SMILES string of the molecule is O=C(CN(Cc1ccccc1)S(=O)(=O)c1ccccc1)Nc1ccc(Oc2ccccc2)cc1. The van der Waals surface area contributed by atoms with Crippen LogP contribution in [-0.2, 0) is 21.4 Å². The Morgan fingerprint density at radius 2 is 1.24 bits per heavy atom. The van der Waals surface area contributed by atoms with Gasteiger partial charge in [0, 0.05) is 12.2 Å². The molecule has 1 N–H and O–H groups in total. The lowest BCUT2D eigenvalue weighted by atomic mass is 10.2. The Kier molecular flexibility index (Phi) is 7.37. The number of ether oxygens (including phenoxy) is 1. The lowest BCUT2D eigenvalue weighted by Crippen LogP contribution is -2.37. The van der Waals surface area contributed by atoms with Crippen molar-refractivity contribution in [3.63, 3.8) is 0 Å². The molecule has 0 aliphatic carbocycles. The minimum atomic E-state index is -3.88. The van der Waals surface area contributed by atoms with Gasteiger partial charge >= 0.3 is 0 Å². The highest BCUT2D eigenvalue weighted by atomic mass is 32.2. The summed E-state index contributed by atoms with van der Waals surface area (Å²) in [7, 11) is -3.88. The average Bonchev–Trinajstić information content (AvgIpc) is 2.87. The van der Waals surface area contributed by atoms with Crippen molar-refractivity contribution in [3.8, 4) is 11.5 Å². The standard InChI is InChI=1S/C27H24N2O4S/c30-27(28-23-16-18-25(19-17-23)33-24-12-6-2-7-13-24)21-29(20-22-10-4-1-5-11-22)34(31,32)26-14-8-3-9-15-26/h1-19H,20-21H2,(H,28,30). The summed E-state index contributed by atoms with van der Waals surface area (Å²) in [5, 5.41) is 2.77. The highest BCUT2D eigenvalue weighted by molar-refractivity contribution is 7.89. The second-order valence-electron chi connectivity index (χ2n) is 7.56. The quantitative estimate of drug-likeness (QED) is 0.358. The minimum absolute atomic E-state index is 0.0787. The summed E-state index contributed by atoms with van der Waals surface area (Å²) >= 11 is 0. The molecule has 0 atom stereocenters. The van der Waals surface area contributed by atoms with Crippen LogP contribution in [0, 0.1) is 0 Å². The van der Waals surface area contributed by atoms with E-state index >= 15 is 0 Å². The predicted octanol–water partition coefficient (Wildman–Crippen LogP) is 5.31. The monoisotopic (exact) mass is 472 g/mol. The third kappa shape index (κ3) is 6.10. The highest BCUT2D eigenvalue weighted by Gasteiger charge is 2.26. The smallest absolute Gasteiger partial charge is 0.243 e. The van der Waals surface area contributed by atoms with Crippen molar-refractivity contribution in [1.82, 2.24) is 4.31 Å². The van der Waals surface area contributed by atoms with Gasteiger partial charge in [0.15, 0.2) is 0 Å². The summed E-state index contributed by atoms with van der Waals surface area (Å²) in [6, 6.07) is 33.6. The Morgan fingerprint density at radius 1 is 0.706 bits per heavy atom. The van der Waals surface area contributed by atoms with Crippen LogP contribution < -0.4 is 10.1 Å². The number of hydrogen-bond acceptors (Lipinski definition) is 4. The number of carbonyl (C=O) groups is 1. The van der Waals surface area contributed by atoms with Gasteiger partial charge < -0.3 is 10.1 Å². The number of para-hydroxylation sites is 1. The molecule has 4 aromatic carbocycles. The summed E-state index contributed by atoms with van der Waals surface area (Å²) in [5.74, 6) is 0.899. The summed E-state index contributed by atoms with van der Waals surface area (Å²) in [6.07, 6.45) is 0. The van der Waals surface area contributed by atoms with Gasteiger partial charge in [0.25, 0.3) is 0 Å². The molecule has 34 heavy (non-hydrogen) atoms. The number of carbonyl (C=O) groups excluding carboxylic acids is 1. The van der Waals surface area contributed by atoms with Gasteiger partial charge in [0.05, 0.1) is 11.4 Å². The fourth-order valence-electron chi connectivity index (χ4n) is 3.35. The largest absolute Gasteiger partial charge is 0.457 e. The second-order valence-corrected chi connectivity index (χ2v) is 9.50. The zero-order chi connectivity index (χ0) is 23.8. The van der Waals surface area contributed by atoms with Crippen molar-refractivity contribution in [2.24, 2.45) is 0 Å². The molecule has 0 saturated carbocycles. The first-order valence-corrected chi connectivity index (χ1v) is 12.2. The van der Waals surface area contributed by atoms with Gasteiger partial charge in [0.1, 0.15) is 11.5 Å². The Bertz CT molecular complexity index is 1310. The third-order valence-electron chi connectivity index (χ3n) is 5.02. The van der Waals surface area contributed by atoms with Gasteiger partial charge in [-0.05, 0) is 54.1 Å². The third-order valence-corrected chi connectivity index (χ3v) is 6.83. The Balaban J connectivity index is 1.47. The van der Waals surface area contributed by atoms with Crippen molar-refractivity contribution in [2.75, 3.05) is 11.9 Å². The number of rotatable bonds is 9. The van der Waals surface area contributed by atoms with E-state index in [-0.39, 0.29) is 18.0 Å². The van der Waals surface area contributed by atoms with E-state index in [1.807, 2.05) is 60.7 Å². The van der Waals surface area contributed by atoms with Gasteiger partial charge in [-0.15, -0.1) is 0 Å². The number of anilines is 1. The maximum absolute atomic E-state index is 13.3. The first kappa shape index (κ1) is 23.2. The van der Waals surface area contributed by atoms with E-state index in [1.165, 1.54) is 16.4 Å². The Labute approximate surface area is 199 Å². The molecule has 0 unspecified atom stereocenters. The molecule has 0 radical (unpaired) electrons. The summed E-state index contributed by atoms with van der Waals surface area (Å²) in [5.41, 5.74) is 1.33. The van der Waals surface area contributed by atoms with Crippen molar-refractivity contribution in [2.45, 2.75) is 11.4 Å². The molecule has 4 aromatic rings. The molecule has 6 nitrogen and oxygen atoms in total. The number of amides is 1. The molecule has 0 bridgehead atoms. The van der Waals surface area contributed by atoms with Crippen LogP contribution in [0.2, 0.25) is 0 Å². The number of nitrogens with zero attached hydrogens (tertiary/aromatic N) is 1. The van der Waals surface area contributed by atoms with Crippen LogP contribution in [0.1, 0.15) is 5.56 Å². The molecule has 0 heterocycles. The Morgan fingerprint density at radius 3 is 1.85 bits per heavy atom. The van der Waals surface area contributed by atoms with E-state index in [4.69, 9.17) is 4.74 Å². The lowest BCUT2D eigenvalue weighted by molar-refractivity contribution is -0.116. The van der Waals surface area contributed by atoms with Gasteiger partial charge in [-0.25, -0.2) is 8.42 Å². The average molecular weight is 473 g/mol. The molecular formula is C27H24N2O4S. The van der Waals surface area contributed by atoms with E-state index in [0.717, 1.165) is 5.56 Å². The molecule has 0 aliphatic heterocycles. The van der Waals surface area contributed by atoms with Crippen molar-refractivity contribution >= 4 is 21.6 Å². The first-order chi connectivity index (χ1) is 16.5. The minimum Gasteiger partial charge on any atom is -0.457 e. The molecule has 0 fully saturated rings. The first-order valence-electron chi connectivity index (χ1n) is 10.7. The fourth-order valence-corrected chi connectivity index (χ4v) is 4.75. The van der Waals surface area contributed by atoms with Crippen LogP contribution in [0.25, 0.3) is 0 Å². The summed E-state index contributed by atoms with van der Waals surface area (Å²) < 4.78 is 33.5. The molecule has 0 saturated heterocycles. The maximum Gasteiger partial charge on any atom is 0.243 e. The normalized spacial score (nSPS) is 11.2. The molecule has 0 aliphatic rings. The zero-order valence-electron chi connectivity index (χ0n) is 18.4. The number of sulfonamides is 1. The van der Waals surface area contributed by atoms with Gasteiger partial charge in [-0.3, -0.25) is 4.79 Å². The van der Waals surface area contributed by atoms with E-state index in [9.17, 15) is 13.2 Å². The number of nitrogens with one attached hydrogen (secondary N) is 1. The highest BCUT2D eigenvalue weighted by Crippen LogP contribution is 2.23. The molecule has 0 spiro atoms. The molecule has 1 amide bonds. The summed E-state index contributed by atoms with van der Waals surface area (Å²) in [6.45, 7) is -0.246. The van der Waals surface area contributed by atoms with E-state index < -0.39 is 15.9 Å². The number of benzene rings is 4. The van der Waals surface area contributed by atoms with Crippen LogP contribution in [0.5, 0.6) is 11.5 Å².